The molecule has 0 saturated heterocycles. The van der Waals surface area contributed by atoms with Crippen molar-refractivity contribution in [3.63, 3.8) is 0 Å². The third-order valence-electron chi connectivity index (χ3n) is 17.1. The summed E-state index contributed by atoms with van der Waals surface area (Å²) in [7, 11) is 0. The minimum absolute atomic E-state index is 0.185. The van der Waals surface area contributed by atoms with Gasteiger partial charge in [-0.2, -0.15) is 0 Å². The monoisotopic (exact) mass is 1010 g/mol. The molecule has 0 N–H and O–H groups in total. The van der Waals surface area contributed by atoms with Crippen molar-refractivity contribution in [3.8, 4) is 11.1 Å². The van der Waals surface area contributed by atoms with E-state index in [2.05, 4.69) is 294 Å². The van der Waals surface area contributed by atoms with Crippen molar-refractivity contribution >= 4 is 118 Å². The van der Waals surface area contributed by atoms with Crippen molar-refractivity contribution < 1.29 is 8.83 Å². The van der Waals surface area contributed by atoms with Gasteiger partial charge in [0.05, 0.1) is 38.9 Å². The van der Waals surface area contributed by atoms with E-state index < -0.39 is 5.41 Å². The van der Waals surface area contributed by atoms with E-state index in [4.69, 9.17) is 8.83 Å². The van der Waals surface area contributed by atoms with Crippen molar-refractivity contribution in [1.29, 1.82) is 0 Å². The zero-order valence-corrected chi connectivity index (χ0v) is 42.8. The highest BCUT2D eigenvalue weighted by Crippen LogP contribution is 2.60. The van der Waals surface area contributed by atoms with Crippen LogP contribution in [0, 0.1) is 0 Å². The van der Waals surface area contributed by atoms with Gasteiger partial charge in [-0.25, -0.2) is 0 Å². The van der Waals surface area contributed by atoms with Gasteiger partial charge in [-0.15, -0.1) is 0 Å². The van der Waals surface area contributed by atoms with Gasteiger partial charge in [0.25, 0.3) is 6.71 Å². The summed E-state index contributed by atoms with van der Waals surface area (Å²) in [4.78, 5) is 7.58. The number of para-hydroxylation sites is 5. The predicted molar refractivity (Wildman–Crippen MR) is 327 cm³/mol. The van der Waals surface area contributed by atoms with Gasteiger partial charge >= 0.3 is 0 Å². The molecule has 1 aliphatic carbocycles. The molecule has 17 rings (SSSR count). The lowest BCUT2D eigenvalue weighted by Gasteiger charge is -2.45. The molecule has 0 atom stereocenters. The first-order valence-corrected chi connectivity index (χ1v) is 27.2. The van der Waals surface area contributed by atoms with Gasteiger partial charge in [-0.05, 0) is 123 Å². The lowest BCUT2D eigenvalue weighted by atomic mass is 9.33. The second-order valence-electron chi connectivity index (χ2n) is 21.0. The lowest BCUT2D eigenvalue weighted by Crippen LogP contribution is -2.61. The van der Waals surface area contributed by atoms with Crippen LogP contribution in [0.4, 0.5) is 51.2 Å². The third kappa shape index (κ3) is 6.11. The van der Waals surface area contributed by atoms with Crippen molar-refractivity contribution in [3.05, 3.63) is 301 Å². The molecule has 79 heavy (non-hydrogen) atoms. The molecule has 0 spiro atoms. The molecule has 2 aliphatic heterocycles. The van der Waals surface area contributed by atoms with Gasteiger partial charge in [0.15, 0.2) is 0 Å². The molecule has 0 unspecified atom stereocenters. The summed E-state index contributed by atoms with van der Waals surface area (Å²) >= 11 is 0. The van der Waals surface area contributed by atoms with Crippen LogP contribution in [0.1, 0.15) is 22.3 Å². The Morgan fingerprint density at radius 1 is 0.367 bits per heavy atom. The number of benzene rings is 12. The number of hydrogen-bond donors (Lipinski definition) is 0. The molecule has 0 fully saturated rings. The first-order valence-electron chi connectivity index (χ1n) is 27.2. The molecule has 5 nitrogen and oxygen atoms in total. The standard InChI is InChI=1S/C73H46BN3O2/c1-6-23-47(24-7-1)73(48-25-8-2-9-26-48)56-36-19-16-33-53(56)67-57(73)37-22-38-60(67)75(49-27-10-3-11-28-49)52-45-61-70-62(46-52)77(51-31-14-5-15-32-51)72-59(42-44-66-69(72)55-35-18-21-40-64(55)79-66)74(70)58-41-43-65-68(54-34-17-20-39-63(54)78-65)71(58)76(61)50-29-12-4-13-30-50/h1-46H. The largest absolute Gasteiger partial charge is 0.456 e. The number of nitrogens with zero attached hydrogens (tertiary/aromatic N) is 3. The van der Waals surface area contributed by atoms with Crippen molar-refractivity contribution in [2.24, 2.45) is 0 Å². The Morgan fingerprint density at radius 3 is 1.37 bits per heavy atom. The maximum absolute atomic E-state index is 6.81. The Kier molecular flexibility index (Phi) is 9.36. The van der Waals surface area contributed by atoms with Crippen molar-refractivity contribution in [2.75, 3.05) is 14.7 Å². The molecule has 4 heterocycles. The SMILES string of the molecule is c1ccc(N(c2cc3c4c(c2)N(c2ccccc2)c2c(ccc5oc6ccccc6c25)B4c2ccc4oc5ccccc5c4c2N3c2ccccc2)c2cccc3c2-c2ccccc2C3(c2ccccc2)c2ccccc2)cc1. The fourth-order valence-corrected chi connectivity index (χ4v) is 14.1. The van der Waals surface area contributed by atoms with Gasteiger partial charge in [-0.3, -0.25) is 0 Å². The third-order valence-corrected chi connectivity index (χ3v) is 17.1. The van der Waals surface area contributed by atoms with Crippen LogP contribution in [0.2, 0.25) is 0 Å². The second kappa shape index (κ2) is 16.9. The average molecular weight is 1010 g/mol. The number of fused-ring (bicyclic) bond motifs is 15. The highest BCUT2D eigenvalue weighted by molar-refractivity contribution is 7.01. The maximum atomic E-state index is 6.81. The fraction of sp³-hybridized carbons (Fsp3) is 0.0137. The zero-order chi connectivity index (χ0) is 51.8. The minimum atomic E-state index is -0.596. The topological polar surface area (TPSA) is 36.0 Å². The molecular formula is C73H46BN3O2. The summed E-state index contributed by atoms with van der Waals surface area (Å²) in [6, 6.07) is 102. The molecule has 14 aromatic rings. The van der Waals surface area contributed by atoms with E-state index in [1.807, 2.05) is 0 Å². The second-order valence-corrected chi connectivity index (χ2v) is 21.0. The molecule has 0 amide bonds. The quantitative estimate of drug-likeness (QED) is 0.149. The molecule has 0 radical (unpaired) electrons. The first-order chi connectivity index (χ1) is 39.2. The molecule has 6 heteroatoms. The Labute approximate surface area is 457 Å². The average Bonchev–Trinajstić information content (AvgIpc) is 2.84. The number of furan rings is 2. The Balaban J connectivity index is 1.03. The van der Waals surface area contributed by atoms with Crippen LogP contribution in [0.25, 0.3) is 55.0 Å². The van der Waals surface area contributed by atoms with E-state index in [0.29, 0.717) is 0 Å². The van der Waals surface area contributed by atoms with E-state index >= 15 is 0 Å². The molecule has 0 saturated carbocycles. The summed E-state index contributed by atoms with van der Waals surface area (Å²) in [5.41, 5.74) is 23.5. The first kappa shape index (κ1) is 43.9. The highest BCUT2D eigenvalue weighted by Gasteiger charge is 2.49. The lowest BCUT2D eigenvalue weighted by molar-refractivity contribution is 0.668. The van der Waals surface area contributed by atoms with Gasteiger partial charge in [-0.1, -0.05) is 200 Å². The van der Waals surface area contributed by atoms with Gasteiger partial charge in [0.1, 0.15) is 22.3 Å². The number of rotatable bonds is 7. The minimum Gasteiger partial charge on any atom is -0.456 e. The molecule has 12 aromatic carbocycles. The maximum Gasteiger partial charge on any atom is 0.252 e. The molecule has 0 bridgehead atoms. The summed E-state index contributed by atoms with van der Waals surface area (Å²) < 4.78 is 13.6. The number of anilines is 9. The van der Waals surface area contributed by atoms with Gasteiger partial charge in [0.2, 0.25) is 0 Å². The van der Waals surface area contributed by atoms with Gasteiger partial charge in [0, 0.05) is 44.8 Å². The zero-order valence-electron chi connectivity index (χ0n) is 42.8. The summed E-state index contributed by atoms with van der Waals surface area (Å²) in [5, 5.41) is 4.34. The van der Waals surface area contributed by atoms with Crippen LogP contribution in [0.15, 0.2) is 288 Å². The van der Waals surface area contributed by atoms with E-state index in [9.17, 15) is 0 Å². The Morgan fingerprint density at radius 2 is 0.823 bits per heavy atom. The Hall–Kier alpha value is -10.3. The molecule has 3 aliphatic rings. The van der Waals surface area contributed by atoms with Crippen LogP contribution >= 0.6 is 0 Å². The van der Waals surface area contributed by atoms with Crippen molar-refractivity contribution in [1.82, 2.24) is 0 Å². The van der Waals surface area contributed by atoms with Crippen molar-refractivity contribution in [2.45, 2.75) is 5.41 Å². The van der Waals surface area contributed by atoms with E-state index in [-0.39, 0.29) is 6.71 Å². The van der Waals surface area contributed by atoms with Crippen LogP contribution in [0.3, 0.4) is 0 Å². The summed E-state index contributed by atoms with van der Waals surface area (Å²) in [6.07, 6.45) is 0. The molecular weight excluding hydrogens is 962 g/mol. The van der Waals surface area contributed by atoms with Crippen LogP contribution in [-0.2, 0) is 5.41 Å². The Bertz CT molecular complexity index is 4520. The summed E-state index contributed by atoms with van der Waals surface area (Å²) in [5.74, 6) is 0. The van der Waals surface area contributed by atoms with Gasteiger partial charge < -0.3 is 23.5 Å². The summed E-state index contributed by atoms with van der Waals surface area (Å²) in [6.45, 7) is -0.185. The van der Waals surface area contributed by atoms with Crippen LogP contribution < -0.4 is 31.1 Å². The normalized spacial score (nSPS) is 13.6. The fourth-order valence-electron chi connectivity index (χ4n) is 14.1. The highest BCUT2D eigenvalue weighted by atomic mass is 16.3. The smallest absolute Gasteiger partial charge is 0.252 e. The number of hydrogen-bond acceptors (Lipinski definition) is 5. The van der Waals surface area contributed by atoms with Crippen LogP contribution in [-0.4, -0.2) is 6.71 Å². The molecule has 368 valence electrons. The van der Waals surface area contributed by atoms with E-state index in [0.717, 1.165) is 95.1 Å². The van der Waals surface area contributed by atoms with Crippen LogP contribution in [0.5, 0.6) is 0 Å². The van der Waals surface area contributed by atoms with E-state index in [1.165, 1.54) is 49.8 Å². The predicted octanol–water partition coefficient (Wildman–Crippen LogP) is 17.4. The molecule has 2 aromatic heterocycles. The van der Waals surface area contributed by atoms with E-state index in [1.54, 1.807) is 0 Å².